The molecule has 15 heavy (non-hydrogen) atoms. The van der Waals surface area contributed by atoms with Gasteiger partial charge in [0.25, 0.3) is 0 Å². The van der Waals surface area contributed by atoms with E-state index in [0.717, 1.165) is 4.47 Å². The molecule has 2 N–H and O–H groups in total. The number of nitrogens with one attached hydrogen (secondary N) is 2. The van der Waals surface area contributed by atoms with Gasteiger partial charge in [0.1, 0.15) is 0 Å². The van der Waals surface area contributed by atoms with E-state index in [-0.39, 0.29) is 5.91 Å². The van der Waals surface area contributed by atoms with Gasteiger partial charge < -0.3 is 10.6 Å². The molecule has 1 amide bonds. The van der Waals surface area contributed by atoms with Crippen molar-refractivity contribution in [3.63, 3.8) is 0 Å². The molecule has 3 nitrogen and oxygen atoms in total. The number of amides is 1. The summed E-state index contributed by atoms with van der Waals surface area (Å²) >= 11 is 9.16. The molecular weight excluding hydrogens is 279 g/mol. The van der Waals surface area contributed by atoms with Crippen LogP contribution in [0.5, 0.6) is 0 Å². The zero-order chi connectivity index (χ0) is 11.3. The van der Waals surface area contributed by atoms with E-state index in [9.17, 15) is 4.79 Å². The number of hydrogen-bond donors (Lipinski definition) is 2. The predicted molar refractivity (Wildman–Crippen MR) is 66.3 cm³/mol. The topological polar surface area (TPSA) is 41.1 Å². The molecule has 0 unspecified atom stereocenters. The van der Waals surface area contributed by atoms with Crippen LogP contribution in [0.4, 0.5) is 5.69 Å². The quantitative estimate of drug-likeness (QED) is 0.895. The molecule has 0 saturated carbocycles. The highest BCUT2D eigenvalue weighted by Crippen LogP contribution is 2.25. The fourth-order valence-electron chi connectivity index (χ4n) is 1.04. The van der Waals surface area contributed by atoms with Gasteiger partial charge in [-0.15, -0.1) is 0 Å². The van der Waals surface area contributed by atoms with Crippen molar-refractivity contribution < 1.29 is 4.79 Å². The van der Waals surface area contributed by atoms with Crippen LogP contribution >= 0.6 is 27.5 Å². The lowest BCUT2D eigenvalue weighted by atomic mass is 10.3. The Balaban J connectivity index is 2.63. The van der Waals surface area contributed by atoms with Gasteiger partial charge in [0.2, 0.25) is 5.91 Å². The second-order valence-electron chi connectivity index (χ2n) is 3.03. The maximum absolute atomic E-state index is 11.4. The Bertz CT molecular complexity index is 357. The highest BCUT2D eigenvalue weighted by Gasteiger charge is 2.05. The van der Waals surface area contributed by atoms with Crippen LogP contribution in [-0.4, -0.2) is 19.5 Å². The summed E-state index contributed by atoms with van der Waals surface area (Å²) in [6, 6.07) is 5.27. The Morgan fingerprint density at radius 3 is 2.93 bits per heavy atom. The van der Waals surface area contributed by atoms with Crippen LogP contribution in [0, 0.1) is 0 Å². The average molecular weight is 292 g/mol. The van der Waals surface area contributed by atoms with Gasteiger partial charge in [-0.2, -0.15) is 0 Å². The van der Waals surface area contributed by atoms with Crippen molar-refractivity contribution in [1.82, 2.24) is 5.32 Å². The van der Waals surface area contributed by atoms with Crippen molar-refractivity contribution in [3.8, 4) is 0 Å². The molecule has 1 rings (SSSR count). The van der Waals surface area contributed by atoms with Crippen molar-refractivity contribution in [2.75, 3.05) is 18.9 Å². The summed E-state index contributed by atoms with van der Waals surface area (Å²) in [6.07, 6.45) is 0.440. The molecule has 0 saturated heterocycles. The van der Waals surface area contributed by atoms with E-state index in [1.165, 1.54) is 0 Å². The van der Waals surface area contributed by atoms with Crippen LogP contribution in [0.25, 0.3) is 0 Å². The minimum atomic E-state index is -0.0349. The Labute approximate surface area is 102 Å². The van der Waals surface area contributed by atoms with Crippen LogP contribution < -0.4 is 10.6 Å². The van der Waals surface area contributed by atoms with E-state index >= 15 is 0 Å². The van der Waals surface area contributed by atoms with Crippen molar-refractivity contribution in [1.29, 1.82) is 0 Å². The first-order valence-corrected chi connectivity index (χ1v) is 5.70. The highest BCUT2D eigenvalue weighted by molar-refractivity contribution is 9.10. The molecule has 5 heteroatoms. The number of benzene rings is 1. The Morgan fingerprint density at radius 1 is 1.53 bits per heavy atom. The SMILES string of the molecule is CNCCC(=O)Nc1cc(Cl)ccc1Br. The lowest BCUT2D eigenvalue weighted by Crippen LogP contribution is -2.18. The normalized spacial score (nSPS) is 10.1. The van der Waals surface area contributed by atoms with Crippen LogP contribution in [0.3, 0.4) is 0 Å². The first kappa shape index (κ1) is 12.5. The van der Waals surface area contributed by atoms with Crippen molar-refractivity contribution in [3.05, 3.63) is 27.7 Å². The molecule has 0 fully saturated rings. The fourth-order valence-corrected chi connectivity index (χ4v) is 1.56. The molecule has 0 spiro atoms. The fraction of sp³-hybridized carbons (Fsp3) is 0.300. The Hall–Kier alpha value is -0.580. The van der Waals surface area contributed by atoms with Crippen LogP contribution in [0.1, 0.15) is 6.42 Å². The number of anilines is 1. The van der Waals surface area contributed by atoms with E-state index < -0.39 is 0 Å². The summed E-state index contributed by atoms with van der Waals surface area (Å²) in [5.74, 6) is -0.0349. The summed E-state index contributed by atoms with van der Waals surface area (Å²) in [6.45, 7) is 0.657. The maximum Gasteiger partial charge on any atom is 0.225 e. The summed E-state index contributed by atoms with van der Waals surface area (Å²) in [5, 5.41) is 6.29. The monoisotopic (exact) mass is 290 g/mol. The third-order valence-electron chi connectivity index (χ3n) is 1.80. The van der Waals surface area contributed by atoms with Crippen LogP contribution in [-0.2, 0) is 4.79 Å². The van der Waals surface area contributed by atoms with Gasteiger partial charge in [-0.3, -0.25) is 4.79 Å². The molecule has 0 heterocycles. The number of rotatable bonds is 4. The Morgan fingerprint density at radius 2 is 2.27 bits per heavy atom. The van der Waals surface area contributed by atoms with Gasteiger partial charge in [0.05, 0.1) is 5.69 Å². The second-order valence-corrected chi connectivity index (χ2v) is 4.32. The third kappa shape index (κ3) is 4.20. The van der Waals surface area contributed by atoms with Gasteiger partial charge in [-0.1, -0.05) is 11.6 Å². The van der Waals surface area contributed by atoms with E-state index in [1.54, 1.807) is 18.2 Å². The summed E-state index contributed by atoms with van der Waals surface area (Å²) < 4.78 is 0.824. The predicted octanol–water partition coefficient (Wildman–Crippen LogP) is 2.65. The standard InChI is InChI=1S/C10H12BrClN2O/c1-13-5-4-10(15)14-9-6-7(12)2-3-8(9)11/h2-3,6,13H,4-5H2,1H3,(H,14,15). The molecule has 0 aliphatic heterocycles. The number of halogens is 2. The molecule has 0 radical (unpaired) electrons. The molecule has 0 aliphatic rings. The first-order valence-electron chi connectivity index (χ1n) is 4.53. The number of carbonyl (C=O) groups excluding carboxylic acids is 1. The second kappa shape index (κ2) is 6.10. The van der Waals surface area contributed by atoms with Gasteiger partial charge >= 0.3 is 0 Å². The maximum atomic E-state index is 11.4. The first-order chi connectivity index (χ1) is 7.13. The van der Waals surface area contributed by atoms with Gasteiger partial charge in [-0.05, 0) is 41.2 Å². The van der Waals surface area contributed by atoms with E-state index in [2.05, 4.69) is 26.6 Å². The van der Waals surface area contributed by atoms with E-state index in [1.807, 2.05) is 7.05 Å². The zero-order valence-corrected chi connectivity index (χ0v) is 10.7. The Kier molecular flexibility index (Phi) is 5.08. The van der Waals surface area contributed by atoms with Crippen molar-refractivity contribution >= 4 is 39.1 Å². The number of carbonyl (C=O) groups is 1. The average Bonchev–Trinajstić information content (AvgIpc) is 2.20. The molecular formula is C10H12BrClN2O. The lowest BCUT2D eigenvalue weighted by Gasteiger charge is -2.07. The zero-order valence-electron chi connectivity index (χ0n) is 8.31. The van der Waals surface area contributed by atoms with E-state index in [4.69, 9.17) is 11.6 Å². The minimum Gasteiger partial charge on any atom is -0.325 e. The van der Waals surface area contributed by atoms with Crippen LogP contribution in [0.2, 0.25) is 5.02 Å². The lowest BCUT2D eigenvalue weighted by molar-refractivity contribution is -0.116. The van der Waals surface area contributed by atoms with Crippen molar-refractivity contribution in [2.45, 2.75) is 6.42 Å². The molecule has 0 aliphatic carbocycles. The highest BCUT2D eigenvalue weighted by atomic mass is 79.9. The summed E-state index contributed by atoms with van der Waals surface area (Å²) in [5.41, 5.74) is 0.698. The molecule has 0 bridgehead atoms. The smallest absolute Gasteiger partial charge is 0.225 e. The van der Waals surface area contributed by atoms with Gasteiger partial charge in [0.15, 0.2) is 0 Å². The van der Waals surface area contributed by atoms with E-state index in [0.29, 0.717) is 23.7 Å². The third-order valence-corrected chi connectivity index (χ3v) is 2.73. The largest absolute Gasteiger partial charge is 0.325 e. The molecule has 1 aromatic carbocycles. The van der Waals surface area contributed by atoms with Gasteiger partial charge in [0, 0.05) is 22.5 Å². The van der Waals surface area contributed by atoms with Gasteiger partial charge in [-0.25, -0.2) is 0 Å². The van der Waals surface area contributed by atoms with Crippen LogP contribution in [0.15, 0.2) is 22.7 Å². The number of hydrogen-bond acceptors (Lipinski definition) is 2. The van der Waals surface area contributed by atoms with Crippen molar-refractivity contribution in [2.24, 2.45) is 0 Å². The summed E-state index contributed by atoms with van der Waals surface area (Å²) in [4.78, 5) is 11.4. The molecule has 0 aromatic heterocycles. The minimum absolute atomic E-state index is 0.0349. The molecule has 0 atom stereocenters. The molecule has 82 valence electrons. The molecule has 1 aromatic rings. The summed E-state index contributed by atoms with van der Waals surface area (Å²) in [7, 11) is 1.81.